The Hall–Kier alpha value is -2.02. The zero-order valence-electron chi connectivity index (χ0n) is 11.7. The molecule has 0 aliphatic heterocycles. The molecule has 1 atom stereocenters. The van der Waals surface area contributed by atoms with E-state index in [2.05, 4.69) is 48.6 Å². The maximum absolute atomic E-state index is 5.82. The molecule has 102 valence electrons. The van der Waals surface area contributed by atoms with E-state index in [9.17, 15) is 0 Å². The van der Waals surface area contributed by atoms with E-state index in [0.29, 0.717) is 12.5 Å². The van der Waals surface area contributed by atoms with Gasteiger partial charge in [-0.1, -0.05) is 54.6 Å². The predicted octanol–water partition coefficient (Wildman–Crippen LogP) is 5.09. The molecule has 0 amide bonds. The van der Waals surface area contributed by atoms with E-state index in [1.54, 1.807) is 0 Å². The normalized spacial score (nSPS) is 17.9. The van der Waals surface area contributed by atoms with Crippen molar-refractivity contribution < 1.29 is 4.74 Å². The second-order valence-electron chi connectivity index (χ2n) is 5.32. The standard InChI is InChI=1S/C19H20O/c1-3-7-16(8-4-1)15-20-19-13-11-18(12-14-19)17-9-5-2-6-10-17/h1-5,7-8,11-14,17H,6,9-10,15H2. The first-order chi connectivity index (χ1) is 9.92. The van der Waals surface area contributed by atoms with Crippen LogP contribution >= 0.6 is 0 Å². The SMILES string of the molecule is C1=CCC(c2ccc(OCc3ccccc3)cc2)CC1. The van der Waals surface area contributed by atoms with Crippen LogP contribution in [0.15, 0.2) is 66.7 Å². The number of allylic oxidation sites excluding steroid dienone is 2. The molecule has 1 unspecified atom stereocenters. The van der Waals surface area contributed by atoms with E-state index in [4.69, 9.17) is 4.74 Å². The predicted molar refractivity (Wildman–Crippen MR) is 82.9 cm³/mol. The van der Waals surface area contributed by atoms with Crippen molar-refractivity contribution in [2.45, 2.75) is 31.8 Å². The van der Waals surface area contributed by atoms with Crippen LogP contribution in [0.3, 0.4) is 0 Å². The molecule has 1 nitrogen and oxygen atoms in total. The van der Waals surface area contributed by atoms with Crippen molar-refractivity contribution in [1.29, 1.82) is 0 Å². The average molecular weight is 264 g/mol. The molecule has 0 saturated carbocycles. The maximum Gasteiger partial charge on any atom is 0.119 e. The van der Waals surface area contributed by atoms with Gasteiger partial charge in [0.2, 0.25) is 0 Å². The van der Waals surface area contributed by atoms with E-state index < -0.39 is 0 Å². The summed E-state index contributed by atoms with van der Waals surface area (Å²) in [6, 6.07) is 18.9. The average Bonchev–Trinajstić information content (AvgIpc) is 2.55. The molecule has 2 aromatic carbocycles. The second kappa shape index (κ2) is 6.42. The molecular weight excluding hydrogens is 244 g/mol. The maximum atomic E-state index is 5.82. The molecule has 1 aliphatic rings. The smallest absolute Gasteiger partial charge is 0.119 e. The molecular formula is C19H20O. The van der Waals surface area contributed by atoms with E-state index in [1.165, 1.54) is 30.4 Å². The van der Waals surface area contributed by atoms with E-state index in [-0.39, 0.29) is 0 Å². The molecule has 3 rings (SSSR count). The number of hydrogen-bond donors (Lipinski definition) is 0. The van der Waals surface area contributed by atoms with Crippen molar-refractivity contribution in [3.63, 3.8) is 0 Å². The number of rotatable bonds is 4. The summed E-state index contributed by atoms with van der Waals surface area (Å²) in [7, 11) is 0. The van der Waals surface area contributed by atoms with Crippen LogP contribution in [-0.4, -0.2) is 0 Å². The van der Waals surface area contributed by atoms with Gasteiger partial charge < -0.3 is 4.74 Å². The van der Waals surface area contributed by atoms with Crippen LogP contribution in [0, 0.1) is 0 Å². The van der Waals surface area contributed by atoms with Gasteiger partial charge in [-0.3, -0.25) is 0 Å². The van der Waals surface area contributed by atoms with Gasteiger partial charge in [0.1, 0.15) is 12.4 Å². The van der Waals surface area contributed by atoms with Crippen molar-refractivity contribution in [3.05, 3.63) is 77.9 Å². The lowest BCUT2D eigenvalue weighted by atomic mass is 9.88. The first kappa shape index (κ1) is 13.0. The summed E-state index contributed by atoms with van der Waals surface area (Å²) in [6.07, 6.45) is 8.23. The summed E-state index contributed by atoms with van der Waals surface area (Å²) in [4.78, 5) is 0. The van der Waals surface area contributed by atoms with Crippen molar-refractivity contribution in [1.82, 2.24) is 0 Å². The topological polar surface area (TPSA) is 9.23 Å². The van der Waals surface area contributed by atoms with Gasteiger partial charge in [0.15, 0.2) is 0 Å². The Bertz CT molecular complexity index is 554. The van der Waals surface area contributed by atoms with Crippen LogP contribution in [0.25, 0.3) is 0 Å². The van der Waals surface area contributed by atoms with Gasteiger partial charge >= 0.3 is 0 Å². The van der Waals surface area contributed by atoms with Crippen LogP contribution in [-0.2, 0) is 6.61 Å². The second-order valence-corrected chi connectivity index (χ2v) is 5.32. The van der Waals surface area contributed by atoms with E-state index in [0.717, 1.165) is 5.75 Å². The molecule has 20 heavy (non-hydrogen) atoms. The van der Waals surface area contributed by atoms with Gasteiger partial charge in [0.25, 0.3) is 0 Å². The lowest BCUT2D eigenvalue weighted by molar-refractivity contribution is 0.306. The molecule has 1 heteroatoms. The van der Waals surface area contributed by atoms with Gasteiger partial charge in [0.05, 0.1) is 0 Å². The quantitative estimate of drug-likeness (QED) is 0.699. The Morgan fingerprint density at radius 3 is 2.40 bits per heavy atom. The van der Waals surface area contributed by atoms with E-state index >= 15 is 0 Å². The fraction of sp³-hybridized carbons (Fsp3) is 0.263. The minimum absolute atomic E-state index is 0.631. The van der Waals surface area contributed by atoms with Crippen LogP contribution < -0.4 is 4.74 Å². The van der Waals surface area contributed by atoms with Crippen LogP contribution in [0.5, 0.6) is 5.75 Å². The van der Waals surface area contributed by atoms with Crippen molar-refractivity contribution in [2.75, 3.05) is 0 Å². The molecule has 0 bridgehead atoms. The van der Waals surface area contributed by atoms with E-state index in [1.807, 2.05) is 18.2 Å². The minimum atomic E-state index is 0.631. The highest BCUT2D eigenvalue weighted by atomic mass is 16.5. The van der Waals surface area contributed by atoms with Crippen LogP contribution in [0.2, 0.25) is 0 Å². The largest absolute Gasteiger partial charge is 0.489 e. The van der Waals surface area contributed by atoms with Crippen LogP contribution in [0.4, 0.5) is 0 Å². The number of benzene rings is 2. The first-order valence-electron chi connectivity index (χ1n) is 7.33. The monoisotopic (exact) mass is 264 g/mol. The zero-order valence-corrected chi connectivity index (χ0v) is 11.7. The third kappa shape index (κ3) is 3.30. The molecule has 0 saturated heterocycles. The summed E-state index contributed by atoms with van der Waals surface area (Å²) < 4.78 is 5.82. The fourth-order valence-corrected chi connectivity index (χ4v) is 2.67. The van der Waals surface area contributed by atoms with Crippen molar-refractivity contribution >= 4 is 0 Å². The Labute approximate surface area is 120 Å². The first-order valence-corrected chi connectivity index (χ1v) is 7.33. The van der Waals surface area contributed by atoms with Gasteiger partial charge in [0, 0.05) is 0 Å². The Balaban J connectivity index is 1.60. The van der Waals surface area contributed by atoms with Crippen LogP contribution in [0.1, 0.15) is 36.3 Å². The molecule has 1 aliphatic carbocycles. The highest BCUT2D eigenvalue weighted by Gasteiger charge is 2.11. The van der Waals surface area contributed by atoms with Gasteiger partial charge in [-0.2, -0.15) is 0 Å². The van der Waals surface area contributed by atoms with Gasteiger partial charge in [-0.15, -0.1) is 0 Å². The summed E-state index contributed by atoms with van der Waals surface area (Å²) in [5.74, 6) is 1.63. The Morgan fingerprint density at radius 2 is 1.70 bits per heavy atom. The molecule has 0 fully saturated rings. The third-order valence-corrected chi connectivity index (χ3v) is 3.87. The minimum Gasteiger partial charge on any atom is -0.489 e. The molecule has 0 radical (unpaired) electrons. The lowest BCUT2D eigenvalue weighted by Gasteiger charge is -2.18. The lowest BCUT2D eigenvalue weighted by Crippen LogP contribution is -2.01. The molecule has 0 spiro atoms. The summed E-state index contributed by atoms with van der Waals surface area (Å²) in [5, 5.41) is 0. The third-order valence-electron chi connectivity index (χ3n) is 3.87. The van der Waals surface area contributed by atoms with Gasteiger partial charge in [-0.25, -0.2) is 0 Å². The zero-order chi connectivity index (χ0) is 13.6. The highest BCUT2D eigenvalue weighted by molar-refractivity contribution is 5.30. The van der Waals surface area contributed by atoms with Crippen molar-refractivity contribution in [3.8, 4) is 5.75 Å². The van der Waals surface area contributed by atoms with Crippen molar-refractivity contribution in [2.24, 2.45) is 0 Å². The highest BCUT2D eigenvalue weighted by Crippen LogP contribution is 2.30. The molecule has 2 aromatic rings. The number of ether oxygens (including phenoxy) is 1. The van der Waals surface area contributed by atoms with Gasteiger partial charge in [-0.05, 0) is 48.4 Å². The molecule has 0 heterocycles. The Kier molecular flexibility index (Phi) is 4.17. The fourth-order valence-electron chi connectivity index (χ4n) is 2.67. The molecule has 0 N–H and O–H groups in total. The Morgan fingerprint density at radius 1 is 0.900 bits per heavy atom. The summed E-state index contributed by atoms with van der Waals surface area (Å²) >= 11 is 0. The summed E-state index contributed by atoms with van der Waals surface area (Å²) in [5.41, 5.74) is 2.63. The summed E-state index contributed by atoms with van der Waals surface area (Å²) in [6.45, 7) is 0.631. The number of hydrogen-bond acceptors (Lipinski definition) is 1. The molecule has 0 aromatic heterocycles.